The van der Waals surface area contributed by atoms with E-state index in [2.05, 4.69) is 10.6 Å². The molecule has 3 atom stereocenters. The van der Waals surface area contributed by atoms with E-state index in [0.29, 0.717) is 0 Å². The van der Waals surface area contributed by atoms with E-state index in [-0.39, 0.29) is 25.7 Å². The Kier molecular flexibility index (Phi) is 9.02. The number of carbonyl (C=O) groups is 5. The van der Waals surface area contributed by atoms with Crippen molar-refractivity contribution in [3.8, 4) is 0 Å². The average Bonchev–Trinajstić information content (AvgIpc) is 2.46. The summed E-state index contributed by atoms with van der Waals surface area (Å²) in [5.74, 6) is -4.25. The van der Waals surface area contributed by atoms with Crippen LogP contribution < -0.4 is 27.8 Å². The minimum Gasteiger partial charge on any atom is -0.480 e. The molecule has 0 heterocycles. The summed E-state index contributed by atoms with van der Waals surface area (Å²) in [5, 5.41) is 13.6. The fourth-order valence-electron chi connectivity index (χ4n) is 1.67. The van der Waals surface area contributed by atoms with E-state index < -0.39 is 47.7 Å². The lowest BCUT2D eigenvalue weighted by Gasteiger charge is -2.21. The first-order valence-electron chi connectivity index (χ1n) is 7.20. The molecule has 136 valence electrons. The Labute approximate surface area is 138 Å². The van der Waals surface area contributed by atoms with Gasteiger partial charge in [-0.2, -0.15) is 0 Å². The molecule has 0 aromatic heterocycles. The smallest absolute Gasteiger partial charge is 0.326 e. The summed E-state index contributed by atoms with van der Waals surface area (Å²) in [6, 6.07) is -3.46. The SMILES string of the molecule is CC(N)C(=O)NC(CCC(N)=O)C(=O)NC(CCC(N)=O)C(=O)O. The normalized spacial score (nSPS) is 14.1. The number of carboxylic acid groups (broad SMARTS) is 1. The molecule has 0 aliphatic rings. The highest BCUT2D eigenvalue weighted by Gasteiger charge is 2.27. The highest BCUT2D eigenvalue weighted by molar-refractivity contribution is 5.92. The Morgan fingerprint density at radius 1 is 0.875 bits per heavy atom. The molecule has 0 aliphatic carbocycles. The number of aliphatic carboxylic acids is 1. The maximum absolute atomic E-state index is 12.2. The number of nitrogens with one attached hydrogen (secondary N) is 2. The van der Waals surface area contributed by atoms with Crippen LogP contribution in [0, 0.1) is 0 Å². The van der Waals surface area contributed by atoms with E-state index >= 15 is 0 Å². The highest BCUT2D eigenvalue weighted by atomic mass is 16.4. The van der Waals surface area contributed by atoms with E-state index in [1.54, 1.807) is 0 Å². The van der Waals surface area contributed by atoms with Gasteiger partial charge in [0.15, 0.2) is 0 Å². The molecule has 0 saturated heterocycles. The van der Waals surface area contributed by atoms with Crippen LogP contribution in [-0.2, 0) is 24.0 Å². The zero-order valence-electron chi connectivity index (χ0n) is 13.3. The predicted octanol–water partition coefficient (Wildman–Crippen LogP) is -3.08. The second-order valence-corrected chi connectivity index (χ2v) is 5.26. The first-order chi connectivity index (χ1) is 11.0. The van der Waals surface area contributed by atoms with Gasteiger partial charge in [-0.15, -0.1) is 0 Å². The Morgan fingerprint density at radius 2 is 1.29 bits per heavy atom. The summed E-state index contributed by atoms with van der Waals surface area (Å²) in [6.45, 7) is 1.39. The zero-order valence-corrected chi connectivity index (χ0v) is 13.3. The summed E-state index contributed by atoms with van der Waals surface area (Å²) in [7, 11) is 0. The third-order valence-corrected chi connectivity index (χ3v) is 3.02. The number of carboxylic acids is 1. The molecule has 0 fully saturated rings. The topological polar surface area (TPSA) is 208 Å². The second kappa shape index (κ2) is 10.2. The molecule has 0 aromatic carbocycles. The van der Waals surface area contributed by atoms with Crippen LogP contribution in [0.3, 0.4) is 0 Å². The van der Waals surface area contributed by atoms with Crippen molar-refractivity contribution in [3.63, 3.8) is 0 Å². The quantitative estimate of drug-likeness (QED) is 0.227. The van der Waals surface area contributed by atoms with Crippen molar-refractivity contribution >= 4 is 29.6 Å². The van der Waals surface area contributed by atoms with Gasteiger partial charge in [0, 0.05) is 12.8 Å². The maximum Gasteiger partial charge on any atom is 0.326 e. The average molecular weight is 345 g/mol. The predicted molar refractivity (Wildman–Crippen MR) is 82.0 cm³/mol. The lowest BCUT2D eigenvalue weighted by atomic mass is 10.1. The molecule has 11 nitrogen and oxygen atoms in total. The summed E-state index contributed by atoms with van der Waals surface area (Å²) in [5.41, 5.74) is 15.3. The summed E-state index contributed by atoms with van der Waals surface area (Å²) < 4.78 is 0. The van der Waals surface area contributed by atoms with E-state index in [1.807, 2.05) is 0 Å². The number of rotatable bonds is 11. The Bertz CT molecular complexity index is 507. The van der Waals surface area contributed by atoms with Gasteiger partial charge in [-0.1, -0.05) is 0 Å². The third-order valence-electron chi connectivity index (χ3n) is 3.02. The number of nitrogens with two attached hydrogens (primary N) is 3. The van der Waals surface area contributed by atoms with Gasteiger partial charge in [0.05, 0.1) is 6.04 Å². The molecule has 0 saturated carbocycles. The van der Waals surface area contributed by atoms with Crippen LogP contribution in [0.2, 0.25) is 0 Å². The van der Waals surface area contributed by atoms with Crippen LogP contribution >= 0.6 is 0 Å². The number of hydrogen-bond acceptors (Lipinski definition) is 6. The van der Waals surface area contributed by atoms with Gasteiger partial charge >= 0.3 is 5.97 Å². The summed E-state index contributed by atoms with van der Waals surface area (Å²) in [4.78, 5) is 56.5. The van der Waals surface area contributed by atoms with Crippen molar-refractivity contribution in [2.24, 2.45) is 17.2 Å². The van der Waals surface area contributed by atoms with Gasteiger partial charge < -0.3 is 32.9 Å². The van der Waals surface area contributed by atoms with Gasteiger partial charge in [-0.05, 0) is 19.8 Å². The minimum atomic E-state index is -1.37. The first kappa shape index (κ1) is 21.3. The van der Waals surface area contributed by atoms with Crippen molar-refractivity contribution in [1.29, 1.82) is 0 Å². The van der Waals surface area contributed by atoms with Gasteiger partial charge in [-0.25, -0.2) is 4.79 Å². The molecule has 0 aromatic rings. The summed E-state index contributed by atoms with van der Waals surface area (Å²) in [6.07, 6.45) is -0.770. The summed E-state index contributed by atoms with van der Waals surface area (Å²) >= 11 is 0. The number of carbonyl (C=O) groups excluding carboxylic acids is 4. The van der Waals surface area contributed by atoms with Crippen molar-refractivity contribution in [3.05, 3.63) is 0 Å². The van der Waals surface area contributed by atoms with Crippen molar-refractivity contribution in [2.75, 3.05) is 0 Å². The molecule has 3 unspecified atom stereocenters. The Hall–Kier alpha value is -2.69. The number of primary amides is 2. The second-order valence-electron chi connectivity index (χ2n) is 5.26. The first-order valence-corrected chi connectivity index (χ1v) is 7.20. The van der Waals surface area contributed by atoms with Crippen LogP contribution in [-0.4, -0.2) is 52.8 Å². The minimum absolute atomic E-state index is 0.123. The third kappa shape index (κ3) is 8.68. The fraction of sp³-hybridized carbons (Fsp3) is 0.615. The largest absolute Gasteiger partial charge is 0.480 e. The van der Waals surface area contributed by atoms with Gasteiger partial charge in [0.1, 0.15) is 12.1 Å². The maximum atomic E-state index is 12.2. The monoisotopic (exact) mass is 345 g/mol. The molecule has 11 heteroatoms. The molecule has 0 spiro atoms. The molecule has 0 bridgehead atoms. The molecule has 4 amide bonds. The van der Waals surface area contributed by atoms with Gasteiger partial charge in [-0.3, -0.25) is 19.2 Å². The zero-order chi connectivity index (χ0) is 18.9. The van der Waals surface area contributed by atoms with Crippen molar-refractivity contribution in [2.45, 2.75) is 50.7 Å². The van der Waals surface area contributed by atoms with Crippen LogP contribution in [0.25, 0.3) is 0 Å². The van der Waals surface area contributed by atoms with Crippen LogP contribution in [0.1, 0.15) is 32.6 Å². The van der Waals surface area contributed by atoms with E-state index in [1.165, 1.54) is 6.92 Å². The van der Waals surface area contributed by atoms with Crippen LogP contribution in [0.5, 0.6) is 0 Å². The number of hydrogen-bond donors (Lipinski definition) is 6. The Morgan fingerprint density at radius 3 is 1.67 bits per heavy atom. The van der Waals surface area contributed by atoms with E-state index in [4.69, 9.17) is 22.3 Å². The van der Waals surface area contributed by atoms with Crippen molar-refractivity contribution in [1.82, 2.24) is 10.6 Å². The molecule has 0 aliphatic heterocycles. The standard InChI is InChI=1S/C13H23N5O6/c1-6(14)11(21)17-7(2-4-9(15)19)12(22)18-8(13(23)24)3-5-10(16)20/h6-8H,2-5,14H2,1H3,(H2,15,19)(H2,16,20)(H,17,21)(H,18,22)(H,23,24). The molecule has 0 radical (unpaired) electrons. The van der Waals surface area contributed by atoms with Crippen LogP contribution in [0.15, 0.2) is 0 Å². The Balaban J connectivity index is 4.97. The lowest BCUT2D eigenvalue weighted by Crippen LogP contribution is -2.54. The van der Waals surface area contributed by atoms with Crippen molar-refractivity contribution < 1.29 is 29.1 Å². The molecule has 9 N–H and O–H groups in total. The highest BCUT2D eigenvalue weighted by Crippen LogP contribution is 2.02. The van der Waals surface area contributed by atoms with E-state index in [0.717, 1.165) is 0 Å². The van der Waals surface area contributed by atoms with Gasteiger partial charge in [0.25, 0.3) is 0 Å². The fourth-order valence-corrected chi connectivity index (χ4v) is 1.67. The van der Waals surface area contributed by atoms with Gasteiger partial charge in [0.2, 0.25) is 23.6 Å². The molecule has 0 rings (SSSR count). The van der Waals surface area contributed by atoms with Crippen LogP contribution in [0.4, 0.5) is 0 Å². The molecule has 24 heavy (non-hydrogen) atoms. The number of amides is 4. The molecular formula is C13H23N5O6. The lowest BCUT2D eigenvalue weighted by molar-refractivity contribution is -0.142. The van der Waals surface area contributed by atoms with E-state index in [9.17, 15) is 24.0 Å². The molecular weight excluding hydrogens is 322 g/mol.